The van der Waals surface area contributed by atoms with Crippen molar-refractivity contribution in [3.63, 3.8) is 0 Å². The number of hydrogen-bond acceptors (Lipinski definition) is 5. The van der Waals surface area contributed by atoms with E-state index in [-0.39, 0.29) is 22.9 Å². The molecule has 1 atom stereocenters. The number of nitrogens with one attached hydrogen (secondary N) is 1. The molecule has 8 nitrogen and oxygen atoms in total. The second-order valence-corrected chi connectivity index (χ2v) is 8.18. The summed E-state index contributed by atoms with van der Waals surface area (Å²) in [4.78, 5) is 49.8. The first-order valence-corrected chi connectivity index (χ1v) is 10.5. The molecule has 3 fully saturated rings. The Morgan fingerprint density at radius 3 is 2.43 bits per heavy atom. The smallest absolute Gasteiger partial charge is 0.263 e. The average Bonchev–Trinajstić information content (AvgIpc) is 3.28. The van der Waals surface area contributed by atoms with Crippen molar-refractivity contribution in [1.82, 2.24) is 24.7 Å². The van der Waals surface area contributed by atoms with Crippen LogP contribution < -0.4 is 5.56 Å². The highest BCUT2D eigenvalue weighted by atomic mass is 16.2. The van der Waals surface area contributed by atoms with Gasteiger partial charge < -0.3 is 14.8 Å². The van der Waals surface area contributed by atoms with Crippen LogP contribution in [-0.2, 0) is 4.79 Å². The largest absolute Gasteiger partial charge is 0.342 e. The molecule has 3 saturated heterocycles. The first-order valence-electron chi connectivity index (χ1n) is 10.5. The van der Waals surface area contributed by atoms with E-state index in [1.807, 2.05) is 4.90 Å². The van der Waals surface area contributed by atoms with Gasteiger partial charge in [0.25, 0.3) is 11.5 Å². The first kappa shape index (κ1) is 19.1. The van der Waals surface area contributed by atoms with Gasteiger partial charge in [-0.3, -0.25) is 19.3 Å². The highest BCUT2D eigenvalue weighted by molar-refractivity contribution is 5.93. The molecular weight excluding hydrogens is 358 g/mol. The Morgan fingerprint density at radius 1 is 0.964 bits per heavy atom. The third kappa shape index (κ3) is 3.97. The summed E-state index contributed by atoms with van der Waals surface area (Å²) in [5.74, 6) is 0.222. The van der Waals surface area contributed by atoms with Gasteiger partial charge in [0.05, 0.1) is 12.2 Å². The van der Waals surface area contributed by atoms with Gasteiger partial charge in [-0.2, -0.15) is 0 Å². The Hall–Kier alpha value is -2.22. The molecule has 0 aliphatic carbocycles. The van der Waals surface area contributed by atoms with E-state index in [4.69, 9.17) is 0 Å². The molecule has 152 valence electrons. The van der Waals surface area contributed by atoms with Gasteiger partial charge in [0.15, 0.2) is 0 Å². The second-order valence-electron chi connectivity index (χ2n) is 8.18. The fraction of sp³-hybridized carbons (Fsp3) is 0.700. The topological polar surface area (TPSA) is 89.6 Å². The molecule has 3 aliphatic rings. The van der Waals surface area contributed by atoms with E-state index < -0.39 is 0 Å². The highest BCUT2D eigenvalue weighted by Gasteiger charge is 2.35. The molecule has 0 spiro atoms. The number of carbonyl (C=O) groups is 2. The number of nitrogens with zero attached hydrogens (tertiary/aromatic N) is 4. The Morgan fingerprint density at radius 2 is 1.71 bits per heavy atom. The summed E-state index contributed by atoms with van der Waals surface area (Å²) in [6.45, 7) is 4.99. The molecule has 3 aliphatic heterocycles. The summed E-state index contributed by atoms with van der Waals surface area (Å²) in [5.41, 5.74) is -0.281. The van der Waals surface area contributed by atoms with Gasteiger partial charge in [0.1, 0.15) is 5.56 Å². The molecule has 4 rings (SSSR count). The number of piperidine rings is 2. The lowest BCUT2D eigenvalue weighted by Gasteiger charge is -2.42. The van der Waals surface area contributed by atoms with Gasteiger partial charge in [0, 0.05) is 45.0 Å². The summed E-state index contributed by atoms with van der Waals surface area (Å²) >= 11 is 0. The van der Waals surface area contributed by atoms with E-state index in [1.54, 1.807) is 4.90 Å². The van der Waals surface area contributed by atoms with Crippen LogP contribution in [0.1, 0.15) is 48.9 Å². The fourth-order valence-corrected chi connectivity index (χ4v) is 4.84. The molecule has 4 heterocycles. The Labute approximate surface area is 164 Å². The summed E-state index contributed by atoms with van der Waals surface area (Å²) < 4.78 is 0. The van der Waals surface area contributed by atoms with Crippen molar-refractivity contribution < 1.29 is 9.59 Å². The van der Waals surface area contributed by atoms with Crippen molar-refractivity contribution in [3.05, 3.63) is 28.4 Å². The van der Waals surface area contributed by atoms with Crippen molar-refractivity contribution >= 4 is 11.8 Å². The minimum atomic E-state index is -0.388. The maximum absolute atomic E-state index is 12.8. The van der Waals surface area contributed by atoms with Gasteiger partial charge in [-0.15, -0.1) is 0 Å². The van der Waals surface area contributed by atoms with Crippen LogP contribution in [0.3, 0.4) is 0 Å². The molecule has 8 heteroatoms. The van der Waals surface area contributed by atoms with Crippen LogP contribution in [0.4, 0.5) is 0 Å². The summed E-state index contributed by atoms with van der Waals surface area (Å²) in [6.07, 6.45) is 8.72. The standard InChI is InChI=1S/C20H29N5O3/c26-18-17(12-21-14-22-18)20(28)24-10-5-16(6-11-24)25-9-3-4-15(13-25)19(27)23-7-1-2-8-23/h12,14-16H,1-11,13H2,(H,21,22,26)/t15-/m0/s1. The molecular formula is C20H29N5O3. The second kappa shape index (κ2) is 8.43. The van der Waals surface area contributed by atoms with E-state index in [0.29, 0.717) is 25.0 Å². The molecule has 1 N–H and O–H groups in total. The van der Waals surface area contributed by atoms with E-state index in [9.17, 15) is 14.4 Å². The fourth-order valence-electron chi connectivity index (χ4n) is 4.84. The van der Waals surface area contributed by atoms with Crippen LogP contribution in [0.15, 0.2) is 17.3 Å². The third-order valence-corrected chi connectivity index (χ3v) is 6.44. The lowest BCUT2D eigenvalue weighted by Crippen LogP contribution is -2.52. The Balaban J connectivity index is 1.32. The normalized spacial score (nSPS) is 24.5. The molecule has 0 unspecified atom stereocenters. The van der Waals surface area contributed by atoms with Gasteiger partial charge in [-0.1, -0.05) is 0 Å². The molecule has 0 radical (unpaired) electrons. The van der Waals surface area contributed by atoms with E-state index in [1.165, 1.54) is 12.5 Å². The van der Waals surface area contributed by atoms with E-state index in [2.05, 4.69) is 14.9 Å². The maximum Gasteiger partial charge on any atom is 0.263 e. The minimum absolute atomic E-state index is 0.107. The number of H-pyrrole nitrogens is 1. The van der Waals surface area contributed by atoms with Crippen LogP contribution in [0.25, 0.3) is 0 Å². The predicted molar refractivity (Wildman–Crippen MR) is 104 cm³/mol. The van der Waals surface area contributed by atoms with Crippen LogP contribution >= 0.6 is 0 Å². The average molecular weight is 387 g/mol. The molecule has 0 bridgehead atoms. The molecule has 28 heavy (non-hydrogen) atoms. The van der Waals surface area contributed by atoms with E-state index in [0.717, 1.165) is 64.7 Å². The number of likely N-dealkylation sites (tertiary alicyclic amines) is 3. The minimum Gasteiger partial charge on any atom is -0.342 e. The van der Waals surface area contributed by atoms with Crippen molar-refractivity contribution in [1.29, 1.82) is 0 Å². The molecule has 1 aromatic rings. The SMILES string of the molecule is O=C(c1cnc[nH]c1=O)N1CCC(N2CCC[C@H](C(=O)N3CCCC3)C2)CC1. The zero-order valence-electron chi connectivity index (χ0n) is 16.3. The Bertz CT molecular complexity index is 765. The number of hydrogen-bond donors (Lipinski definition) is 1. The van der Waals surface area contributed by atoms with Crippen LogP contribution in [-0.4, -0.2) is 81.8 Å². The third-order valence-electron chi connectivity index (χ3n) is 6.44. The van der Waals surface area contributed by atoms with Gasteiger partial charge in [0.2, 0.25) is 5.91 Å². The van der Waals surface area contributed by atoms with Crippen molar-refractivity contribution in [2.75, 3.05) is 39.3 Å². The quantitative estimate of drug-likeness (QED) is 0.825. The zero-order valence-corrected chi connectivity index (χ0v) is 16.3. The van der Waals surface area contributed by atoms with E-state index >= 15 is 0 Å². The number of carbonyl (C=O) groups excluding carboxylic acids is 2. The number of rotatable bonds is 3. The molecule has 1 aromatic heterocycles. The molecule has 0 saturated carbocycles. The van der Waals surface area contributed by atoms with Crippen molar-refractivity contribution in [3.8, 4) is 0 Å². The number of amides is 2. The molecule has 2 amide bonds. The summed E-state index contributed by atoms with van der Waals surface area (Å²) in [5, 5.41) is 0. The van der Waals surface area contributed by atoms with Crippen LogP contribution in [0.5, 0.6) is 0 Å². The van der Waals surface area contributed by atoms with Crippen LogP contribution in [0, 0.1) is 5.92 Å². The maximum atomic E-state index is 12.8. The lowest BCUT2D eigenvalue weighted by molar-refractivity contribution is -0.136. The van der Waals surface area contributed by atoms with Crippen molar-refractivity contribution in [2.24, 2.45) is 5.92 Å². The summed E-state index contributed by atoms with van der Waals surface area (Å²) in [6, 6.07) is 0.408. The van der Waals surface area contributed by atoms with Gasteiger partial charge >= 0.3 is 0 Å². The summed E-state index contributed by atoms with van der Waals surface area (Å²) in [7, 11) is 0. The lowest BCUT2D eigenvalue weighted by atomic mass is 9.93. The van der Waals surface area contributed by atoms with Crippen molar-refractivity contribution in [2.45, 2.75) is 44.6 Å². The zero-order chi connectivity index (χ0) is 19.5. The van der Waals surface area contributed by atoms with Crippen LogP contribution in [0.2, 0.25) is 0 Å². The molecule has 0 aromatic carbocycles. The first-order chi connectivity index (χ1) is 13.6. The highest BCUT2D eigenvalue weighted by Crippen LogP contribution is 2.26. The van der Waals surface area contributed by atoms with Gasteiger partial charge in [-0.25, -0.2) is 4.98 Å². The van der Waals surface area contributed by atoms with Gasteiger partial charge in [-0.05, 0) is 45.1 Å². The Kier molecular flexibility index (Phi) is 5.75. The number of aromatic nitrogens is 2. The predicted octanol–water partition coefficient (Wildman–Crippen LogP) is 0.709. The monoisotopic (exact) mass is 387 g/mol. The number of aromatic amines is 1.